The van der Waals surface area contributed by atoms with Crippen LogP contribution < -0.4 is 21.7 Å². The molecule has 0 saturated heterocycles. The Morgan fingerprint density at radius 3 is 2.32 bits per heavy atom. The van der Waals surface area contributed by atoms with E-state index in [1.807, 2.05) is 44.2 Å². The van der Waals surface area contributed by atoms with Crippen LogP contribution in [0, 0.1) is 17.8 Å². The molecule has 0 bridgehead atoms. The molecule has 44 heavy (non-hydrogen) atoms. The zero-order valence-electron chi connectivity index (χ0n) is 26.0. The van der Waals surface area contributed by atoms with Crippen LogP contribution in [0.4, 0.5) is 0 Å². The summed E-state index contributed by atoms with van der Waals surface area (Å²) >= 11 is 0. The third-order valence-electron chi connectivity index (χ3n) is 9.15. The maximum Gasteiger partial charge on any atom is 0.223 e. The van der Waals surface area contributed by atoms with Gasteiger partial charge < -0.3 is 31.6 Å². The largest absolute Gasteiger partial charge is 0.391 e. The normalized spacial score (nSPS) is 24.8. The highest BCUT2D eigenvalue weighted by Gasteiger charge is 2.56. The second kappa shape index (κ2) is 13.9. The molecule has 4 atom stereocenters. The van der Waals surface area contributed by atoms with Crippen LogP contribution in [0.1, 0.15) is 77.7 Å². The van der Waals surface area contributed by atoms with Crippen LogP contribution in [0.2, 0.25) is 0 Å². The van der Waals surface area contributed by atoms with Gasteiger partial charge in [0.05, 0.1) is 12.5 Å². The number of nitrogens with one attached hydrogen (secondary N) is 3. The molecular weight excluding hydrogens is 560 g/mol. The van der Waals surface area contributed by atoms with Crippen molar-refractivity contribution in [3.63, 3.8) is 0 Å². The molecule has 1 aliphatic carbocycles. The summed E-state index contributed by atoms with van der Waals surface area (Å²) in [4.78, 5) is 65.1. The molecule has 1 saturated carbocycles. The van der Waals surface area contributed by atoms with Crippen molar-refractivity contribution in [2.45, 2.75) is 95.7 Å². The monoisotopic (exact) mass is 606 g/mol. The molecule has 10 heteroatoms. The van der Waals surface area contributed by atoms with Crippen LogP contribution in [0.25, 0.3) is 0 Å². The Morgan fingerprint density at radius 2 is 1.70 bits per heavy atom. The zero-order chi connectivity index (χ0) is 32.1. The number of amides is 2. The minimum atomic E-state index is -1.45. The van der Waals surface area contributed by atoms with Gasteiger partial charge in [-0.05, 0) is 43.6 Å². The molecule has 1 unspecified atom stereocenters. The fraction of sp³-hybridized carbons (Fsp3) is 0.559. The Morgan fingerprint density at radius 1 is 1.02 bits per heavy atom. The third kappa shape index (κ3) is 7.29. The predicted octanol–water partition coefficient (Wildman–Crippen LogP) is 2.39. The second-order valence-corrected chi connectivity index (χ2v) is 13.2. The smallest absolute Gasteiger partial charge is 0.223 e. The van der Waals surface area contributed by atoms with Crippen LogP contribution in [-0.2, 0) is 30.4 Å². The molecule has 4 rings (SSSR count). The van der Waals surface area contributed by atoms with Gasteiger partial charge in [-0.2, -0.15) is 0 Å². The Hall–Kier alpha value is -3.79. The fourth-order valence-corrected chi connectivity index (χ4v) is 7.23. The van der Waals surface area contributed by atoms with E-state index in [2.05, 4.69) is 16.0 Å². The molecule has 2 aliphatic heterocycles. The standard InChI is InChI=1S/C34H46N4O6/c1-21(2)15-33(17-26(40)19-36-32(44)27(13-22(3)39)24-11-7-8-12-24)31(43)28(20-37-33)34(16-23-9-5-4-6-10-23)30(42)25(18-38-34)14-29(35)41/h4-6,9-10,18,20-21,24,26-27,37-38,40H,7-8,11-17,19H2,1-3H3,(H2,35,41)(H,36,44)/t26?,27-,33-,34-/m0/s1. The number of aliphatic hydroxyl groups excluding tert-OH is 1. The van der Waals surface area contributed by atoms with Crippen LogP contribution in [0.5, 0.6) is 0 Å². The van der Waals surface area contributed by atoms with E-state index in [1.165, 1.54) is 13.1 Å². The highest BCUT2D eigenvalue weighted by atomic mass is 16.3. The number of hydrogen-bond acceptors (Lipinski definition) is 8. The lowest BCUT2D eigenvalue weighted by molar-refractivity contribution is -0.131. The maximum absolute atomic E-state index is 14.4. The summed E-state index contributed by atoms with van der Waals surface area (Å²) in [5.41, 5.74) is 3.99. The number of carbonyl (C=O) groups excluding carboxylic acids is 5. The summed E-state index contributed by atoms with van der Waals surface area (Å²) in [5.74, 6) is -1.86. The summed E-state index contributed by atoms with van der Waals surface area (Å²) in [6.45, 7) is 5.37. The van der Waals surface area contributed by atoms with Crippen LogP contribution in [0.3, 0.4) is 0 Å². The van der Waals surface area contributed by atoms with Gasteiger partial charge in [-0.3, -0.25) is 19.2 Å². The molecule has 2 amide bonds. The van der Waals surface area contributed by atoms with E-state index in [-0.39, 0.29) is 72.7 Å². The van der Waals surface area contributed by atoms with Gasteiger partial charge in [0.25, 0.3) is 0 Å². The van der Waals surface area contributed by atoms with E-state index < -0.39 is 34.8 Å². The average Bonchev–Trinajstić information content (AvgIpc) is 3.67. The van der Waals surface area contributed by atoms with Crippen LogP contribution in [-0.4, -0.2) is 58.0 Å². The number of nitrogens with two attached hydrogens (primary N) is 1. The molecule has 0 spiro atoms. The lowest BCUT2D eigenvalue weighted by Gasteiger charge is -2.35. The van der Waals surface area contributed by atoms with Gasteiger partial charge in [0.1, 0.15) is 16.9 Å². The first-order chi connectivity index (χ1) is 20.9. The van der Waals surface area contributed by atoms with Gasteiger partial charge in [0.2, 0.25) is 11.8 Å². The first-order valence-electron chi connectivity index (χ1n) is 15.7. The number of aliphatic hydroxyl groups is 1. The van der Waals surface area contributed by atoms with Gasteiger partial charge in [0, 0.05) is 55.3 Å². The number of carbonyl (C=O) groups is 5. The molecule has 3 aliphatic rings. The molecule has 10 nitrogen and oxygen atoms in total. The fourth-order valence-electron chi connectivity index (χ4n) is 7.23. The summed E-state index contributed by atoms with van der Waals surface area (Å²) in [7, 11) is 0. The molecule has 1 fully saturated rings. The Bertz CT molecular complexity index is 1330. The number of hydrogen-bond donors (Lipinski definition) is 5. The minimum Gasteiger partial charge on any atom is -0.391 e. The summed E-state index contributed by atoms with van der Waals surface area (Å²) in [6.07, 6.45) is 6.34. The van der Waals surface area contributed by atoms with E-state index in [0.717, 1.165) is 31.2 Å². The highest BCUT2D eigenvalue weighted by Crippen LogP contribution is 2.40. The second-order valence-electron chi connectivity index (χ2n) is 13.2. The SMILES string of the molecule is CC(=O)C[C@H](C(=O)NCC(O)C[C@]1(CC(C)C)NC=C([C@]2(Cc3ccccc3)NC=C(CC(N)=O)C2=O)C1=O)C1CCCC1. The number of Topliss-reactive ketones (excluding diaryl/α,β-unsaturated/α-hetero) is 3. The summed E-state index contributed by atoms with van der Waals surface area (Å²) in [6, 6.07) is 9.31. The Labute approximate surface area is 259 Å². The zero-order valence-corrected chi connectivity index (χ0v) is 26.0. The maximum atomic E-state index is 14.4. The molecule has 1 aromatic rings. The molecule has 0 radical (unpaired) electrons. The Kier molecular flexibility index (Phi) is 10.4. The summed E-state index contributed by atoms with van der Waals surface area (Å²) < 4.78 is 0. The van der Waals surface area contributed by atoms with E-state index in [9.17, 15) is 29.1 Å². The molecule has 6 N–H and O–H groups in total. The topological polar surface area (TPSA) is 168 Å². The number of ketones is 3. The number of rotatable bonds is 15. The van der Waals surface area contributed by atoms with E-state index in [1.54, 1.807) is 6.20 Å². The van der Waals surface area contributed by atoms with Crippen LogP contribution >= 0.6 is 0 Å². The molecule has 1 aromatic carbocycles. The van der Waals surface area contributed by atoms with Crippen molar-refractivity contribution in [3.05, 3.63) is 59.4 Å². The van der Waals surface area contributed by atoms with Gasteiger partial charge in [-0.15, -0.1) is 0 Å². The van der Waals surface area contributed by atoms with Gasteiger partial charge >= 0.3 is 0 Å². The van der Waals surface area contributed by atoms with Crippen molar-refractivity contribution in [1.82, 2.24) is 16.0 Å². The Balaban J connectivity index is 1.54. The van der Waals surface area contributed by atoms with E-state index in [4.69, 9.17) is 5.73 Å². The average molecular weight is 607 g/mol. The van der Waals surface area contributed by atoms with Gasteiger partial charge in [-0.25, -0.2) is 0 Å². The highest BCUT2D eigenvalue weighted by molar-refractivity contribution is 6.18. The molecule has 238 valence electrons. The van der Waals surface area contributed by atoms with Gasteiger partial charge in [-0.1, -0.05) is 57.0 Å². The van der Waals surface area contributed by atoms with Crippen molar-refractivity contribution in [2.75, 3.05) is 6.54 Å². The van der Waals surface area contributed by atoms with Crippen LogP contribution in [0.15, 0.2) is 53.9 Å². The predicted molar refractivity (Wildman–Crippen MR) is 166 cm³/mol. The third-order valence-corrected chi connectivity index (χ3v) is 9.15. The van der Waals surface area contributed by atoms with E-state index >= 15 is 0 Å². The van der Waals surface area contributed by atoms with Crippen molar-refractivity contribution in [1.29, 1.82) is 0 Å². The van der Waals surface area contributed by atoms with Crippen molar-refractivity contribution in [3.8, 4) is 0 Å². The minimum absolute atomic E-state index is 0.00226. The quantitative estimate of drug-likeness (QED) is 0.203. The number of benzene rings is 1. The summed E-state index contributed by atoms with van der Waals surface area (Å²) in [5, 5.41) is 20.4. The van der Waals surface area contributed by atoms with E-state index in [0.29, 0.717) is 6.42 Å². The molecule has 0 aromatic heterocycles. The number of primary amides is 1. The van der Waals surface area contributed by atoms with Crippen molar-refractivity contribution in [2.24, 2.45) is 23.5 Å². The van der Waals surface area contributed by atoms with Crippen molar-refractivity contribution >= 4 is 29.2 Å². The van der Waals surface area contributed by atoms with Crippen molar-refractivity contribution < 1.29 is 29.1 Å². The first kappa shape index (κ1) is 33.1. The lowest BCUT2D eigenvalue weighted by Crippen LogP contribution is -2.56. The van der Waals surface area contributed by atoms with Gasteiger partial charge in [0.15, 0.2) is 11.6 Å². The lowest BCUT2D eigenvalue weighted by atomic mass is 9.72. The first-order valence-corrected chi connectivity index (χ1v) is 15.7. The molecular formula is C34H46N4O6. The molecule has 2 heterocycles.